The summed E-state index contributed by atoms with van der Waals surface area (Å²) in [6.45, 7) is 2.44. The molecule has 1 aliphatic carbocycles. The lowest BCUT2D eigenvalue weighted by Gasteiger charge is -2.04. The number of hydrogen-bond donors (Lipinski definition) is 2. The van der Waals surface area contributed by atoms with Crippen molar-refractivity contribution >= 4 is 37.3 Å². The molecule has 0 amide bonds. The molecule has 3 N–H and O–H groups in total. The van der Waals surface area contributed by atoms with E-state index in [9.17, 15) is 8.42 Å². The summed E-state index contributed by atoms with van der Waals surface area (Å²) in [7, 11) is -3.40. The second kappa shape index (κ2) is 4.97. The van der Waals surface area contributed by atoms with Crippen molar-refractivity contribution in [3.05, 3.63) is 14.7 Å². The molecule has 0 aliphatic heterocycles. The number of sulfonamides is 1. The van der Waals surface area contributed by atoms with Crippen LogP contribution in [0.15, 0.2) is 14.7 Å². The van der Waals surface area contributed by atoms with Gasteiger partial charge in [0, 0.05) is 17.5 Å². The topological polar surface area (TPSA) is 72.2 Å². The molecule has 1 aromatic heterocycles. The quantitative estimate of drug-likeness (QED) is 0.862. The van der Waals surface area contributed by atoms with Crippen LogP contribution in [-0.2, 0) is 16.6 Å². The van der Waals surface area contributed by atoms with Crippen molar-refractivity contribution in [2.75, 3.05) is 0 Å². The largest absolute Gasteiger partial charge is 0.326 e. The Labute approximate surface area is 114 Å². The van der Waals surface area contributed by atoms with E-state index in [0.29, 0.717) is 21.1 Å². The van der Waals surface area contributed by atoms with Crippen LogP contribution in [0.3, 0.4) is 0 Å². The fourth-order valence-electron chi connectivity index (χ4n) is 1.79. The van der Waals surface area contributed by atoms with Gasteiger partial charge in [-0.15, -0.1) is 11.3 Å². The summed E-state index contributed by atoms with van der Waals surface area (Å²) in [5, 5.41) is 0. The van der Waals surface area contributed by atoms with Gasteiger partial charge in [0.05, 0.1) is 3.79 Å². The average molecular weight is 339 g/mol. The van der Waals surface area contributed by atoms with E-state index in [2.05, 4.69) is 27.6 Å². The average Bonchev–Trinajstić information content (AvgIpc) is 2.88. The van der Waals surface area contributed by atoms with E-state index in [1.165, 1.54) is 11.3 Å². The first-order valence-corrected chi connectivity index (χ1v) is 8.57. The Hall–Kier alpha value is 0.0500. The van der Waals surface area contributed by atoms with Crippen LogP contribution in [0.4, 0.5) is 0 Å². The van der Waals surface area contributed by atoms with Crippen LogP contribution in [0.1, 0.15) is 24.6 Å². The summed E-state index contributed by atoms with van der Waals surface area (Å²) in [4.78, 5) is 1.17. The first-order valence-electron chi connectivity index (χ1n) is 5.48. The lowest BCUT2D eigenvalue weighted by Crippen LogP contribution is -2.26. The minimum Gasteiger partial charge on any atom is -0.326 e. The number of thiophene rings is 1. The summed E-state index contributed by atoms with van der Waals surface area (Å²) >= 11 is 4.65. The van der Waals surface area contributed by atoms with Crippen LogP contribution >= 0.6 is 27.3 Å². The predicted molar refractivity (Wildman–Crippen MR) is 72.4 cm³/mol. The summed E-state index contributed by atoms with van der Waals surface area (Å²) in [5.41, 5.74) is 5.51. The molecule has 1 fully saturated rings. The van der Waals surface area contributed by atoms with E-state index in [1.807, 2.05) is 0 Å². The van der Waals surface area contributed by atoms with Crippen LogP contribution in [0.25, 0.3) is 0 Å². The maximum absolute atomic E-state index is 12.1. The Morgan fingerprint density at radius 1 is 1.65 bits per heavy atom. The molecule has 96 valence electrons. The van der Waals surface area contributed by atoms with Gasteiger partial charge in [-0.3, -0.25) is 0 Å². The molecule has 1 saturated carbocycles. The number of nitrogens with two attached hydrogens (primary N) is 1. The molecule has 0 spiro atoms. The molecule has 2 rings (SSSR count). The van der Waals surface area contributed by atoms with E-state index in [0.717, 1.165) is 17.7 Å². The van der Waals surface area contributed by atoms with Gasteiger partial charge in [-0.2, -0.15) is 0 Å². The van der Waals surface area contributed by atoms with Gasteiger partial charge in [0.25, 0.3) is 0 Å². The maximum Gasteiger partial charge on any atom is 0.242 e. The molecule has 0 bridgehead atoms. The van der Waals surface area contributed by atoms with Crippen molar-refractivity contribution in [1.29, 1.82) is 0 Å². The summed E-state index contributed by atoms with van der Waals surface area (Å²) < 4.78 is 27.6. The Kier molecular flexibility index (Phi) is 3.94. The third kappa shape index (κ3) is 2.90. The fraction of sp³-hybridized carbons (Fsp3) is 0.600. The second-order valence-corrected chi connectivity index (χ2v) is 8.32. The third-order valence-corrected chi connectivity index (χ3v) is 6.72. The van der Waals surface area contributed by atoms with E-state index < -0.39 is 10.0 Å². The van der Waals surface area contributed by atoms with Gasteiger partial charge < -0.3 is 5.73 Å². The van der Waals surface area contributed by atoms with Crippen molar-refractivity contribution in [2.24, 2.45) is 11.7 Å². The number of halogens is 1. The Morgan fingerprint density at radius 3 is 2.82 bits per heavy atom. The SMILES string of the molecule is CCC1CC1NS(=O)(=O)c1cc(CN)sc1Br. The molecule has 1 heterocycles. The Balaban J connectivity index is 2.17. The minimum absolute atomic E-state index is 0.109. The maximum atomic E-state index is 12.1. The van der Waals surface area contributed by atoms with Crippen molar-refractivity contribution in [2.45, 2.75) is 37.2 Å². The minimum atomic E-state index is -3.40. The molecule has 2 atom stereocenters. The lowest BCUT2D eigenvalue weighted by atomic mass is 10.3. The monoisotopic (exact) mass is 338 g/mol. The molecular weight excluding hydrogens is 324 g/mol. The first kappa shape index (κ1) is 13.5. The van der Waals surface area contributed by atoms with Gasteiger partial charge in [-0.25, -0.2) is 13.1 Å². The van der Waals surface area contributed by atoms with Crippen LogP contribution in [0, 0.1) is 5.92 Å². The molecule has 7 heteroatoms. The lowest BCUT2D eigenvalue weighted by molar-refractivity contribution is 0.576. The zero-order chi connectivity index (χ0) is 12.6. The van der Waals surface area contributed by atoms with Gasteiger partial charge in [-0.05, 0) is 34.3 Å². The summed E-state index contributed by atoms with van der Waals surface area (Å²) in [6, 6.07) is 1.75. The van der Waals surface area contributed by atoms with E-state index in [-0.39, 0.29) is 6.04 Å². The van der Waals surface area contributed by atoms with Crippen LogP contribution < -0.4 is 10.5 Å². The van der Waals surface area contributed by atoms with Gasteiger partial charge in [0.2, 0.25) is 10.0 Å². The van der Waals surface area contributed by atoms with Gasteiger partial charge in [0.15, 0.2) is 0 Å². The van der Waals surface area contributed by atoms with Crippen molar-refractivity contribution in [1.82, 2.24) is 4.72 Å². The third-order valence-electron chi connectivity index (χ3n) is 2.95. The number of hydrogen-bond acceptors (Lipinski definition) is 4. The normalized spacial score (nSPS) is 23.9. The van der Waals surface area contributed by atoms with E-state index >= 15 is 0 Å². The van der Waals surface area contributed by atoms with Gasteiger partial charge >= 0.3 is 0 Å². The zero-order valence-corrected chi connectivity index (χ0v) is 12.7. The first-order chi connectivity index (χ1) is 7.97. The molecule has 0 saturated heterocycles. The molecular formula is C10H15BrN2O2S2. The van der Waals surface area contributed by atoms with E-state index in [1.54, 1.807) is 6.07 Å². The van der Waals surface area contributed by atoms with Gasteiger partial charge in [-0.1, -0.05) is 13.3 Å². The molecule has 0 radical (unpaired) electrons. The van der Waals surface area contributed by atoms with Crippen LogP contribution in [0.2, 0.25) is 0 Å². The highest BCUT2D eigenvalue weighted by Gasteiger charge is 2.39. The Bertz CT molecular complexity index is 512. The molecule has 1 aromatic rings. The van der Waals surface area contributed by atoms with E-state index in [4.69, 9.17) is 5.73 Å². The highest BCUT2D eigenvalue weighted by atomic mass is 79.9. The number of nitrogens with one attached hydrogen (secondary N) is 1. The van der Waals surface area contributed by atoms with Crippen molar-refractivity contribution in [3.63, 3.8) is 0 Å². The highest BCUT2D eigenvalue weighted by Crippen LogP contribution is 2.36. The molecule has 2 unspecified atom stereocenters. The standard InChI is InChI=1S/C10H15BrN2O2S2/c1-2-6-3-8(6)13-17(14,15)9-4-7(5-12)16-10(9)11/h4,6,8,13H,2-3,5,12H2,1H3. The molecule has 4 nitrogen and oxygen atoms in total. The molecule has 0 aromatic carbocycles. The predicted octanol–water partition coefficient (Wildman–Crippen LogP) is 2.05. The van der Waals surface area contributed by atoms with Gasteiger partial charge in [0.1, 0.15) is 4.90 Å². The van der Waals surface area contributed by atoms with Crippen LogP contribution in [0.5, 0.6) is 0 Å². The molecule has 1 aliphatic rings. The summed E-state index contributed by atoms with van der Waals surface area (Å²) in [6.07, 6.45) is 1.97. The smallest absolute Gasteiger partial charge is 0.242 e. The Morgan fingerprint density at radius 2 is 2.35 bits per heavy atom. The van der Waals surface area contributed by atoms with Crippen molar-refractivity contribution < 1.29 is 8.42 Å². The van der Waals surface area contributed by atoms with Crippen molar-refractivity contribution in [3.8, 4) is 0 Å². The number of rotatable bonds is 5. The highest BCUT2D eigenvalue weighted by molar-refractivity contribution is 9.11. The molecule has 17 heavy (non-hydrogen) atoms. The fourth-order valence-corrected chi connectivity index (χ4v) is 5.67. The zero-order valence-electron chi connectivity index (χ0n) is 9.44. The second-order valence-electron chi connectivity index (χ2n) is 4.19. The summed E-state index contributed by atoms with van der Waals surface area (Å²) in [5.74, 6) is 0.496. The van der Waals surface area contributed by atoms with Crippen LogP contribution in [-0.4, -0.2) is 14.5 Å².